The van der Waals surface area contributed by atoms with Gasteiger partial charge in [0.25, 0.3) is 0 Å². The average molecular weight is 276 g/mol. The lowest BCUT2D eigenvalue weighted by atomic mass is 10.0. The molecular weight excluding hydrogens is 262 g/mol. The Morgan fingerprint density at radius 3 is 2.60 bits per heavy atom. The highest BCUT2D eigenvalue weighted by Crippen LogP contribution is 2.21. The maximum atomic E-state index is 13.9. The molecule has 2 nitrogen and oxygen atoms in total. The smallest absolute Gasteiger partial charge is 0.168 e. The normalized spacial score (nSPS) is 10.4. The van der Waals surface area contributed by atoms with Crippen LogP contribution in [-0.2, 0) is 6.42 Å². The van der Waals surface area contributed by atoms with Crippen LogP contribution in [0.4, 0.5) is 8.78 Å². The lowest BCUT2D eigenvalue weighted by Gasteiger charge is -2.07. The van der Waals surface area contributed by atoms with Crippen LogP contribution in [0, 0.1) is 18.6 Å². The van der Waals surface area contributed by atoms with Gasteiger partial charge in [0.2, 0.25) is 0 Å². The molecule has 0 N–H and O–H groups in total. The van der Waals surface area contributed by atoms with Crippen LogP contribution in [-0.4, -0.2) is 12.9 Å². The summed E-state index contributed by atoms with van der Waals surface area (Å²) in [7, 11) is 1.36. The van der Waals surface area contributed by atoms with Crippen LogP contribution < -0.4 is 4.74 Å². The summed E-state index contributed by atoms with van der Waals surface area (Å²) < 4.78 is 32.2. The van der Waals surface area contributed by atoms with Crippen molar-refractivity contribution < 1.29 is 18.3 Å². The van der Waals surface area contributed by atoms with Crippen LogP contribution in [0.15, 0.2) is 36.4 Å². The lowest BCUT2D eigenvalue weighted by Crippen LogP contribution is -2.06. The summed E-state index contributed by atoms with van der Waals surface area (Å²) in [5.74, 6) is -1.25. The predicted molar refractivity (Wildman–Crippen MR) is 72.1 cm³/mol. The zero-order valence-electron chi connectivity index (χ0n) is 11.2. The van der Waals surface area contributed by atoms with Gasteiger partial charge in [0.05, 0.1) is 7.11 Å². The molecule has 0 bridgehead atoms. The molecule has 0 radical (unpaired) electrons. The molecule has 2 rings (SSSR count). The Morgan fingerprint density at radius 1 is 1.20 bits per heavy atom. The zero-order valence-corrected chi connectivity index (χ0v) is 11.2. The number of hydrogen-bond donors (Lipinski definition) is 0. The summed E-state index contributed by atoms with van der Waals surface area (Å²) in [5, 5.41) is 0. The second-order valence-corrected chi connectivity index (χ2v) is 4.50. The van der Waals surface area contributed by atoms with Crippen molar-refractivity contribution in [1.29, 1.82) is 0 Å². The predicted octanol–water partition coefficient (Wildman–Crippen LogP) is 3.71. The van der Waals surface area contributed by atoms with Gasteiger partial charge in [0, 0.05) is 12.0 Å². The fraction of sp³-hybridized carbons (Fsp3) is 0.188. The number of carbonyl (C=O) groups is 1. The highest BCUT2D eigenvalue weighted by molar-refractivity contribution is 5.97. The molecular formula is C16H14F2O2. The van der Waals surface area contributed by atoms with Crippen LogP contribution >= 0.6 is 0 Å². The highest BCUT2D eigenvalue weighted by Gasteiger charge is 2.14. The summed E-state index contributed by atoms with van der Waals surface area (Å²) >= 11 is 0. The van der Waals surface area contributed by atoms with E-state index in [0.29, 0.717) is 5.56 Å². The maximum absolute atomic E-state index is 13.9. The van der Waals surface area contributed by atoms with Crippen molar-refractivity contribution in [3.05, 3.63) is 64.7 Å². The first-order valence-electron chi connectivity index (χ1n) is 6.13. The Labute approximate surface area is 116 Å². The van der Waals surface area contributed by atoms with E-state index >= 15 is 0 Å². The first-order valence-corrected chi connectivity index (χ1v) is 6.13. The third kappa shape index (κ3) is 2.85. The minimum Gasteiger partial charge on any atom is -0.494 e. The summed E-state index contributed by atoms with van der Waals surface area (Å²) in [6.45, 7) is 1.62. The molecule has 4 heteroatoms. The SMILES string of the molecule is COc1cccc(CC(=O)c2ccc(C)c(F)c2)c1F. The summed E-state index contributed by atoms with van der Waals surface area (Å²) in [6, 6.07) is 8.86. The largest absolute Gasteiger partial charge is 0.494 e. The van der Waals surface area contributed by atoms with Crippen LogP contribution in [0.25, 0.3) is 0 Å². The molecule has 0 heterocycles. The second-order valence-electron chi connectivity index (χ2n) is 4.50. The number of ketones is 1. The number of Topliss-reactive ketones (excluding diaryl/α,β-unsaturated/α-hetero) is 1. The molecule has 2 aromatic rings. The number of methoxy groups -OCH3 is 1. The lowest BCUT2D eigenvalue weighted by molar-refractivity contribution is 0.0991. The van der Waals surface area contributed by atoms with Crippen molar-refractivity contribution in [2.24, 2.45) is 0 Å². The van der Waals surface area contributed by atoms with Gasteiger partial charge in [-0.2, -0.15) is 0 Å². The molecule has 0 aliphatic heterocycles. The second kappa shape index (κ2) is 5.82. The van der Waals surface area contributed by atoms with Crippen LogP contribution in [0.5, 0.6) is 5.75 Å². The number of aryl methyl sites for hydroxylation is 1. The molecule has 0 unspecified atom stereocenters. The summed E-state index contributed by atoms with van der Waals surface area (Å²) in [5.41, 5.74) is 0.930. The van der Waals surface area contributed by atoms with Crippen LogP contribution in [0.1, 0.15) is 21.5 Å². The van der Waals surface area contributed by atoms with E-state index < -0.39 is 11.6 Å². The molecule has 0 saturated carbocycles. The standard InChI is InChI=1S/C16H14F2O2/c1-10-6-7-11(8-13(10)17)14(19)9-12-4-3-5-15(20-2)16(12)18/h3-8H,9H2,1-2H3. The molecule has 0 aromatic heterocycles. The van der Waals surface area contributed by atoms with Crippen LogP contribution in [0.3, 0.4) is 0 Å². The van der Waals surface area contributed by atoms with Crippen molar-refractivity contribution in [1.82, 2.24) is 0 Å². The Balaban J connectivity index is 2.25. The fourth-order valence-electron chi connectivity index (χ4n) is 1.89. The Bertz CT molecular complexity index is 651. The maximum Gasteiger partial charge on any atom is 0.168 e. The van der Waals surface area contributed by atoms with Gasteiger partial charge in [0.1, 0.15) is 5.82 Å². The molecule has 0 fully saturated rings. The number of rotatable bonds is 4. The van der Waals surface area contributed by atoms with Gasteiger partial charge in [-0.1, -0.05) is 24.3 Å². The number of benzene rings is 2. The monoisotopic (exact) mass is 276 g/mol. The van der Waals surface area contributed by atoms with Crippen molar-refractivity contribution >= 4 is 5.78 Å². The molecule has 0 atom stereocenters. The van der Waals surface area contributed by atoms with Gasteiger partial charge in [-0.3, -0.25) is 4.79 Å². The molecule has 0 amide bonds. The van der Waals surface area contributed by atoms with Gasteiger partial charge < -0.3 is 4.74 Å². The van der Waals surface area contributed by atoms with Crippen molar-refractivity contribution in [2.75, 3.05) is 7.11 Å². The Morgan fingerprint density at radius 2 is 1.95 bits per heavy atom. The quantitative estimate of drug-likeness (QED) is 0.796. The third-order valence-electron chi connectivity index (χ3n) is 3.11. The van der Waals surface area contributed by atoms with Gasteiger partial charge in [0.15, 0.2) is 17.3 Å². The topological polar surface area (TPSA) is 26.3 Å². The van der Waals surface area contributed by atoms with Gasteiger partial charge >= 0.3 is 0 Å². The molecule has 104 valence electrons. The number of halogens is 2. The molecule has 0 aliphatic carbocycles. The number of ether oxygens (including phenoxy) is 1. The van der Waals surface area contributed by atoms with E-state index in [0.717, 1.165) is 0 Å². The van der Waals surface area contributed by atoms with Gasteiger partial charge in [-0.05, 0) is 30.2 Å². The summed E-state index contributed by atoms with van der Waals surface area (Å²) in [4.78, 5) is 12.1. The molecule has 20 heavy (non-hydrogen) atoms. The van der Waals surface area contributed by atoms with Crippen molar-refractivity contribution in [3.8, 4) is 5.75 Å². The van der Waals surface area contributed by atoms with E-state index in [1.54, 1.807) is 19.1 Å². The molecule has 0 spiro atoms. The first kappa shape index (κ1) is 14.2. The van der Waals surface area contributed by atoms with E-state index in [-0.39, 0.29) is 29.1 Å². The van der Waals surface area contributed by atoms with Gasteiger partial charge in [-0.15, -0.1) is 0 Å². The van der Waals surface area contributed by atoms with Gasteiger partial charge in [-0.25, -0.2) is 8.78 Å². The van der Waals surface area contributed by atoms with E-state index in [1.165, 1.54) is 31.4 Å². The van der Waals surface area contributed by atoms with Crippen LogP contribution in [0.2, 0.25) is 0 Å². The van der Waals surface area contributed by atoms with E-state index in [2.05, 4.69) is 0 Å². The average Bonchev–Trinajstić information content (AvgIpc) is 2.44. The van der Waals surface area contributed by atoms with E-state index in [9.17, 15) is 13.6 Å². The van der Waals surface area contributed by atoms with Crippen molar-refractivity contribution in [3.63, 3.8) is 0 Å². The molecule has 2 aromatic carbocycles. The molecule has 0 saturated heterocycles. The third-order valence-corrected chi connectivity index (χ3v) is 3.11. The Hall–Kier alpha value is -2.23. The first-order chi connectivity index (χ1) is 9.52. The molecule has 0 aliphatic rings. The summed E-state index contributed by atoms with van der Waals surface area (Å²) in [6.07, 6.45) is -0.133. The van der Waals surface area contributed by atoms with E-state index in [4.69, 9.17) is 4.74 Å². The fourth-order valence-corrected chi connectivity index (χ4v) is 1.89. The highest BCUT2D eigenvalue weighted by atomic mass is 19.1. The van der Waals surface area contributed by atoms with Crippen molar-refractivity contribution in [2.45, 2.75) is 13.3 Å². The minimum absolute atomic E-state index is 0.0883. The number of hydrogen-bond acceptors (Lipinski definition) is 2. The zero-order chi connectivity index (χ0) is 14.7. The van der Waals surface area contributed by atoms with E-state index in [1.807, 2.05) is 0 Å². The number of carbonyl (C=O) groups excluding carboxylic acids is 1. The Kier molecular flexibility index (Phi) is 4.13. The minimum atomic E-state index is -0.559.